The van der Waals surface area contributed by atoms with Gasteiger partial charge < -0.3 is 14.8 Å². The predicted molar refractivity (Wildman–Crippen MR) is 80.7 cm³/mol. The molecule has 1 fully saturated rings. The molecule has 1 heterocycles. The molecule has 0 aliphatic carbocycles. The van der Waals surface area contributed by atoms with Crippen LogP contribution in [0.25, 0.3) is 0 Å². The molecule has 1 saturated heterocycles. The number of ether oxygens (including phenoxy) is 2. The number of hydrogen-bond acceptors (Lipinski definition) is 3. The molecule has 0 bridgehead atoms. The third-order valence-electron chi connectivity index (χ3n) is 3.52. The third kappa shape index (κ3) is 4.88. The van der Waals surface area contributed by atoms with Gasteiger partial charge in [-0.2, -0.15) is 0 Å². The van der Waals surface area contributed by atoms with Gasteiger partial charge >= 0.3 is 0 Å². The summed E-state index contributed by atoms with van der Waals surface area (Å²) >= 11 is 0. The lowest BCUT2D eigenvalue weighted by molar-refractivity contribution is 0.0115. The quantitative estimate of drug-likeness (QED) is 0.612. The summed E-state index contributed by atoms with van der Waals surface area (Å²) in [6.07, 6.45) is 10.4. The Morgan fingerprint density at radius 2 is 2.25 bits per heavy atom. The van der Waals surface area contributed by atoms with Crippen LogP contribution in [-0.2, 0) is 11.3 Å². The van der Waals surface area contributed by atoms with E-state index in [0.29, 0.717) is 12.7 Å². The summed E-state index contributed by atoms with van der Waals surface area (Å²) in [7, 11) is 0. The Balaban J connectivity index is 1.71. The van der Waals surface area contributed by atoms with Gasteiger partial charge in [-0.3, -0.25) is 0 Å². The summed E-state index contributed by atoms with van der Waals surface area (Å²) in [6, 6.07) is 8.00. The van der Waals surface area contributed by atoms with Crippen LogP contribution in [0, 0.1) is 12.3 Å². The highest BCUT2D eigenvalue weighted by molar-refractivity contribution is 5.33. The molecule has 0 radical (unpaired) electrons. The van der Waals surface area contributed by atoms with E-state index in [1.807, 2.05) is 18.2 Å². The Hall–Kier alpha value is -1.50. The van der Waals surface area contributed by atoms with Crippen LogP contribution >= 0.6 is 0 Å². The number of rotatable bonds is 7. The summed E-state index contributed by atoms with van der Waals surface area (Å²) < 4.78 is 11.3. The van der Waals surface area contributed by atoms with E-state index in [1.165, 1.54) is 19.3 Å². The maximum Gasteiger partial charge on any atom is 0.148 e. The fraction of sp³-hybridized carbons (Fsp3) is 0.529. The zero-order valence-electron chi connectivity index (χ0n) is 11.9. The van der Waals surface area contributed by atoms with E-state index in [0.717, 1.165) is 37.4 Å². The highest BCUT2D eigenvalue weighted by Crippen LogP contribution is 2.18. The predicted octanol–water partition coefficient (Wildman–Crippen LogP) is 2.75. The standard InChI is InChI=1S/C17H23NO2/c1-2-12-20-17-9-4-3-7-15(17)14-18-11-10-16-8-5-6-13-19-16/h1,3-4,7,9,16,18H,5-6,8,10-14H2. The molecule has 1 unspecified atom stereocenters. The minimum absolute atomic E-state index is 0.312. The number of benzene rings is 1. The number of hydrogen-bond donors (Lipinski definition) is 1. The van der Waals surface area contributed by atoms with Crippen LogP contribution in [0.1, 0.15) is 31.2 Å². The Bertz CT molecular complexity index is 433. The van der Waals surface area contributed by atoms with Gasteiger partial charge in [-0.25, -0.2) is 0 Å². The first-order chi connectivity index (χ1) is 9.90. The van der Waals surface area contributed by atoms with Crippen molar-refractivity contribution in [3.8, 4) is 18.1 Å². The maximum atomic E-state index is 5.72. The van der Waals surface area contributed by atoms with Crippen molar-refractivity contribution in [1.82, 2.24) is 5.32 Å². The van der Waals surface area contributed by atoms with Crippen molar-refractivity contribution >= 4 is 0 Å². The van der Waals surface area contributed by atoms with Crippen molar-refractivity contribution < 1.29 is 9.47 Å². The van der Waals surface area contributed by atoms with Crippen LogP contribution in [0.4, 0.5) is 0 Å². The second-order valence-corrected chi connectivity index (χ2v) is 5.05. The molecule has 1 aliphatic heterocycles. The minimum atomic E-state index is 0.312. The maximum absolute atomic E-state index is 5.72. The largest absolute Gasteiger partial charge is 0.481 e. The van der Waals surface area contributed by atoms with E-state index < -0.39 is 0 Å². The Kier molecular flexibility index (Phi) is 6.43. The van der Waals surface area contributed by atoms with Gasteiger partial charge in [-0.05, 0) is 38.3 Å². The zero-order valence-corrected chi connectivity index (χ0v) is 11.9. The molecule has 0 spiro atoms. The second kappa shape index (κ2) is 8.63. The molecule has 1 N–H and O–H groups in total. The number of nitrogens with one attached hydrogen (secondary N) is 1. The van der Waals surface area contributed by atoms with E-state index in [1.54, 1.807) is 0 Å². The number of terminal acetylenes is 1. The second-order valence-electron chi connectivity index (χ2n) is 5.05. The average Bonchev–Trinajstić information content (AvgIpc) is 2.51. The lowest BCUT2D eigenvalue weighted by Crippen LogP contribution is -2.25. The van der Waals surface area contributed by atoms with Crippen LogP contribution in [0.3, 0.4) is 0 Å². The molecule has 3 nitrogen and oxygen atoms in total. The summed E-state index contributed by atoms with van der Waals surface area (Å²) in [5.74, 6) is 3.36. The van der Waals surface area contributed by atoms with Crippen molar-refractivity contribution in [3.05, 3.63) is 29.8 Å². The SMILES string of the molecule is C#CCOc1ccccc1CNCCC1CCCCO1. The van der Waals surface area contributed by atoms with Crippen LogP contribution in [0.2, 0.25) is 0 Å². The van der Waals surface area contributed by atoms with Crippen molar-refractivity contribution in [2.75, 3.05) is 19.8 Å². The molecule has 1 aromatic rings. The van der Waals surface area contributed by atoms with E-state index in [2.05, 4.69) is 17.3 Å². The molecule has 1 aliphatic rings. The van der Waals surface area contributed by atoms with Gasteiger partial charge in [0.05, 0.1) is 6.10 Å². The minimum Gasteiger partial charge on any atom is -0.481 e. The lowest BCUT2D eigenvalue weighted by atomic mass is 10.1. The molecule has 0 aromatic heterocycles. The smallest absolute Gasteiger partial charge is 0.148 e. The van der Waals surface area contributed by atoms with Crippen molar-refractivity contribution in [2.24, 2.45) is 0 Å². The van der Waals surface area contributed by atoms with Gasteiger partial charge in [0.2, 0.25) is 0 Å². The first-order valence-corrected chi connectivity index (χ1v) is 7.36. The van der Waals surface area contributed by atoms with Crippen LogP contribution < -0.4 is 10.1 Å². The highest BCUT2D eigenvalue weighted by atomic mass is 16.5. The van der Waals surface area contributed by atoms with Gasteiger partial charge in [0, 0.05) is 18.7 Å². The average molecular weight is 273 g/mol. The van der Waals surface area contributed by atoms with Gasteiger partial charge in [-0.1, -0.05) is 24.1 Å². The normalized spacial score (nSPS) is 18.4. The molecule has 3 heteroatoms. The number of para-hydroxylation sites is 1. The van der Waals surface area contributed by atoms with Gasteiger partial charge in [0.15, 0.2) is 0 Å². The van der Waals surface area contributed by atoms with Crippen LogP contribution in [0.5, 0.6) is 5.75 Å². The Labute approximate surface area is 121 Å². The van der Waals surface area contributed by atoms with E-state index in [4.69, 9.17) is 15.9 Å². The first-order valence-electron chi connectivity index (χ1n) is 7.36. The van der Waals surface area contributed by atoms with Gasteiger partial charge in [0.25, 0.3) is 0 Å². The first kappa shape index (κ1) is 14.9. The fourth-order valence-electron chi connectivity index (χ4n) is 2.43. The van der Waals surface area contributed by atoms with Gasteiger partial charge in [-0.15, -0.1) is 6.42 Å². The molecule has 108 valence electrons. The third-order valence-corrected chi connectivity index (χ3v) is 3.52. The van der Waals surface area contributed by atoms with Crippen LogP contribution in [-0.4, -0.2) is 25.9 Å². The van der Waals surface area contributed by atoms with Crippen molar-refractivity contribution in [1.29, 1.82) is 0 Å². The Morgan fingerprint density at radius 3 is 3.05 bits per heavy atom. The molecule has 20 heavy (non-hydrogen) atoms. The van der Waals surface area contributed by atoms with Crippen LogP contribution in [0.15, 0.2) is 24.3 Å². The molecular weight excluding hydrogens is 250 g/mol. The van der Waals surface area contributed by atoms with E-state index in [9.17, 15) is 0 Å². The lowest BCUT2D eigenvalue weighted by Gasteiger charge is -2.22. The van der Waals surface area contributed by atoms with E-state index >= 15 is 0 Å². The van der Waals surface area contributed by atoms with Crippen molar-refractivity contribution in [2.45, 2.75) is 38.3 Å². The van der Waals surface area contributed by atoms with Gasteiger partial charge in [0.1, 0.15) is 12.4 Å². The molecule has 1 aromatic carbocycles. The summed E-state index contributed by atoms with van der Waals surface area (Å²) in [4.78, 5) is 0. The molecular formula is C17H23NO2. The molecule has 2 rings (SSSR count). The Morgan fingerprint density at radius 1 is 1.35 bits per heavy atom. The molecule has 0 amide bonds. The summed E-state index contributed by atoms with van der Waals surface area (Å²) in [6.45, 7) is 3.00. The monoisotopic (exact) mass is 273 g/mol. The molecule has 0 saturated carbocycles. The summed E-state index contributed by atoms with van der Waals surface area (Å²) in [5, 5.41) is 3.45. The topological polar surface area (TPSA) is 30.5 Å². The highest BCUT2D eigenvalue weighted by Gasteiger charge is 2.12. The zero-order chi connectivity index (χ0) is 14.0. The summed E-state index contributed by atoms with van der Waals surface area (Å²) in [5.41, 5.74) is 1.15. The molecule has 1 atom stereocenters. The van der Waals surface area contributed by atoms with Crippen molar-refractivity contribution in [3.63, 3.8) is 0 Å². The fourth-order valence-corrected chi connectivity index (χ4v) is 2.43. The van der Waals surface area contributed by atoms with E-state index in [-0.39, 0.29) is 0 Å².